The zero-order valence-corrected chi connectivity index (χ0v) is 12.6. The van der Waals surface area contributed by atoms with Crippen molar-refractivity contribution in [2.45, 2.75) is 38.3 Å². The van der Waals surface area contributed by atoms with Gasteiger partial charge in [0.05, 0.1) is 0 Å². The van der Waals surface area contributed by atoms with Gasteiger partial charge in [0.15, 0.2) is 0 Å². The van der Waals surface area contributed by atoms with Crippen molar-refractivity contribution < 1.29 is 4.79 Å². The molecule has 1 aliphatic heterocycles. The maximum absolute atomic E-state index is 12.9. The van der Waals surface area contributed by atoms with Gasteiger partial charge in [-0.25, -0.2) is 0 Å². The normalized spacial score (nSPS) is 19.9. The molecule has 2 aliphatic rings. The molecule has 1 amide bonds. The van der Waals surface area contributed by atoms with Gasteiger partial charge < -0.3 is 10.2 Å². The van der Waals surface area contributed by atoms with E-state index in [1.165, 1.54) is 18.4 Å². The Morgan fingerprint density at radius 2 is 2.09 bits per heavy atom. The maximum atomic E-state index is 12.9. The number of para-hydroxylation sites is 1. The van der Waals surface area contributed by atoms with E-state index in [1.807, 2.05) is 35.2 Å². The largest absolute Gasteiger partial charge is 0.382 e. The Balaban J connectivity index is 1.64. The number of nitrogens with zero attached hydrogens (tertiary/aromatic N) is 2. The first-order valence-electron chi connectivity index (χ1n) is 7.86. The van der Waals surface area contributed by atoms with Crippen molar-refractivity contribution in [1.82, 2.24) is 4.98 Å². The number of pyridine rings is 1. The summed E-state index contributed by atoms with van der Waals surface area (Å²) in [6.07, 6.45) is 5.04. The van der Waals surface area contributed by atoms with E-state index in [1.54, 1.807) is 6.20 Å². The molecule has 1 atom stereocenters. The lowest BCUT2D eigenvalue weighted by Crippen LogP contribution is -2.36. The third-order valence-electron chi connectivity index (χ3n) is 4.35. The summed E-state index contributed by atoms with van der Waals surface area (Å²) in [6.45, 7) is 2.09. The molecule has 1 aromatic heterocycles. The Hall–Kier alpha value is -2.36. The minimum atomic E-state index is -0.0168. The second kappa shape index (κ2) is 5.13. The molecule has 1 aliphatic carbocycles. The summed E-state index contributed by atoms with van der Waals surface area (Å²) >= 11 is 0. The van der Waals surface area contributed by atoms with Crippen molar-refractivity contribution in [3.05, 3.63) is 53.9 Å². The molecular formula is C18H19N3O. The molecule has 1 N–H and O–H groups in total. The molecule has 22 heavy (non-hydrogen) atoms. The van der Waals surface area contributed by atoms with Crippen molar-refractivity contribution in [3.63, 3.8) is 0 Å². The second-order valence-electron chi connectivity index (χ2n) is 6.21. The number of carbonyl (C=O) groups excluding carboxylic acids is 1. The first-order chi connectivity index (χ1) is 10.7. The first-order valence-corrected chi connectivity index (χ1v) is 7.86. The number of fused-ring (bicyclic) bond motifs is 1. The number of nitrogens with one attached hydrogen (secondary N) is 1. The maximum Gasteiger partial charge on any atom is 0.277 e. The fraction of sp³-hybridized carbons (Fsp3) is 0.333. The van der Waals surface area contributed by atoms with Gasteiger partial charge in [0.1, 0.15) is 5.69 Å². The Bertz CT molecular complexity index is 724. The van der Waals surface area contributed by atoms with E-state index in [2.05, 4.69) is 23.3 Å². The van der Waals surface area contributed by atoms with Crippen molar-refractivity contribution >= 4 is 17.3 Å². The van der Waals surface area contributed by atoms with Gasteiger partial charge in [-0.2, -0.15) is 0 Å². The smallest absolute Gasteiger partial charge is 0.277 e. The van der Waals surface area contributed by atoms with Crippen LogP contribution in [-0.2, 0) is 6.42 Å². The molecule has 2 aromatic rings. The number of aromatic nitrogens is 1. The number of rotatable bonds is 3. The Morgan fingerprint density at radius 3 is 2.91 bits per heavy atom. The Labute approximate surface area is 130 Å². The van der Waals surface area contributed by atoms with Gasteiger partial charge >= 0.3 is 0 Å². The minimum Gasteiger partial charge on any atom is -0.382 e. The van der Waals surface area contributed by atoms with Gasteiger partial charge in [-0.15, -0.1) is 0 Å². The number of benzene rings is 1. The summed E-state index contributed by atoms with van der Waals surface area (Å²) < 4.78 is 0. The lowest BCUT2D eigenvalue weighted by molar-refractivity contribution is 0.0976. The lowest BCUT2D eigenvalue weighted by atomic mass is 10.1. The topological polar surface area (TPSA) is 45.2 Å². The highest BCUT2D eigenvalue weighted by atomic mass is 16.2. The Morgan fingerprint density at radius 1 is 1.27 bits per heavy atom. The molecule has 1 saturated carbocycles. The number of hydrogen-bond donors (Lipinski definition) is 1. The minimum absolute atomic E-state index is 0.0168. The van der Waals surface area contributed by atoms with E-state index in [4.69, 9.17) is 0 Å². The quantitative estimate of drug-likeness (QED) is 0.945. The van der Waals surface area contributed by atoms with Crippen LogP contribution in [0.1, 0.15) is 35.8 Å². The average molecular weight is 293 g/mol. The van der Waals surface area contributed by atoms with Crippen LogP contribution in [-0.4, -0.2) is 23.0 Å². The fourth-order valence-corrected chi connectivity index (χ4v) is 3.10. The number of amides is 1. The van der Waals surface area contributed by atoms with Crippen molar-refractivity contribution in [1.29, 1.82) is 0 Å². The van der Waals surface area contributed by atoms with Crippen LogP contribution in [0.5, 0.6) is 0 Å². The Kier molecular flexibility index (Phi) is 3.10. The SMILES string of the molecule is CC1Cc2ccccc2N1C(=O)c1cc(NC2CC2)ccn1. The zero-order valence-electron chi connectivity index (χ0n) is 12.6. The van der Waals surface area contributed by atoms with Crippen LogP contribution >= 0.6 is 0 Å². The molecule has 1 fully saturated rings. The summed E-state index contributed by atoms with van der Waals surface area (Å²) in [6, 6.07) is 12.7. The molecule has 1 unspecified atom stereocenters. The van der Waals surface area contributed by atoms with E-state index in [-0.39, 0.29) is 11.9 Å². The van der Waals surface area contributed by atoms with E-state index >= 15 is 0 Å². The molecule has 0 radical (unpaired) electrons. The van der Waals surface area contributed by atoms with Crippen LogP contribution < -0.4 is 10.2 Å². The van der Waals surface area contributed by atoms with Gasteiger partial charge in [0.2, 0.25) is 0 Å². The molecule has 2 heterocycles. The monoisotopic (exact) mass is 293 g/mol. The third kappa shape index (κ3) is 2.34. The van der Waals surface area contributed by atoms with Crippen LogP contribution in [0, 0.1) is 0 Å². The second-order valence-corrected chi connectivity index (χ2v) is 6.21. The molecule has 0 bridgehead atoms. The molecule has 4 heteroatoms. The van der Waals surface area contributed by atoms with Crippen LogP contribution in [0.3, 0.4) is 0 Å². The first kappa shape index (κ1) is 13.3. The zero-order chi connectivity index (χ0) is 15.1. The highest BCUT2D eigenvalue weighted by molar-refractivity contribution is 6.06. The summed E-state index contributed by atoms with van der Waals surface area (Å²) in [5.74, 6) is -0.0168. The van der Waals surface area contributed by atoms with E-state index in [0.29, 0.717) is 11.7 Å². The van der Waals surface area contributed by atoms with E-state index in [0.717, 1.165) is 17.8 Å². The predicted molar refractivity (Wildman–Crippen MR) is 87.3 cm³/mol. The molecular weight excluding hydrogens is 274 g/mol. The van der Waals surface area contributed by atoms with E-state index < -0.39 is 0 Å². The van der Waals surface area contributed by atoms with Crippen LogP contribution in [0.15, 0.2) is 42.6 Å². The van der Waals surface area contributed by atoms with Crippen LogP contribution in [0.4, 0.5) is 11.4 Å². The number of carbonyl (C=O) groups is 1. The molecule has 1 aromatic carbocycles. The third-order valence-corrected chi connectivity index (χ3v) is 4.35. The van der Waals surface area contributed by atoms with Crippen LogP contribution in [0.2, 0.25) is 0 Å². The van der Waals surface area contributed by atoms with Crippen molar-refractivity contribution in [2.24, 2.45) is 0 Å². The van der Waals surface area contributed by atoms with Crippen LogP contribution in [0.25, 0.3) is 0 Å². The van der Waals surface area contributed by atoms with Gasteiger partial charge in [0, 0.05) is 29.7 Å². The van der Waals surface area contributed by atoms with Crippen molar-refractivity contribution in [3.8, 4) is 0 Å². The predicted octanol–water partition coefficient (Wildman–Crippen LogP) is 3.25. The summed E-state index contributed by atoms with van der Waals surface area (Å²) in [5.41, 5.74) is 3.74. The van der Waals surface area contributed by atoms with Gasteiger partial charge in [0.25, 0.3) is 5.91 Å². The molecule has 0 saturated heterocycles. The average Bonchev–Trinajstić information content (AvgIpc) is 3.27. The van der Waals surface area contributed by atoms with Crippen molar-refractivity contribution in [2.75, 3.05) is 10.2 Å². The summed E-state index contributed by atoms with van der Waals surface area (Å²) in [4.78, 5) is 19.1. The highest BCUT2D eigenvalue weighted by Crippen LogP contribution is 2.33. The lowest BCUT2D eigenvalue weighted by Gasteiger charge is -2.22. The standard InChI is InChI=1S/C18H19N3O/c1-12-10-13-4-2-3-5-17(13)21(12)18(22)16-11-15(8-9-19-16)20-14-6-7-14/h2-5,8-9,11-12,14H,6-7,10H2,1H3,(H,19,20). The summed E-state index contributed by atoms with van der Waals surface area (Å²) in [5, 5.41) is 3.42. The fourth-order valence-electron chi connectivity index (χ4n) is 3.10. The molecule has 4 rings (SSSR count). The highest BCUT2D eigenvalue weighted by Gasteiger charge is 2.32. The molecule has 0 spiro atoms. The number of hydrogen-bond acceptors (Lipinski definition) is 3. The van der Waals surface area contributed by atoms with Gasteiger partial charge in [-0.1, -0.05) is 18.2 Å². The molecule has 112 valence electrons. The summed E-state index contributed by atoms with van der Waals surface area (Å²) in [7, 11) is 0. The van der Waals surface area contributed by atoms with Gasteiger partial charge in [-0.05, 0) is 49.9 Å². The van der Waals surface area contributed by atoms with E-state index in [9.17, 15) is 4.79 Å². The van der Waals surface area contributed by atoms with Gasteiger partial charge in [-0.3, -0.25) is 9.78 Å². The number of anilines is 2. The molecule has 4 nitrogen and oxygen atoms in total.